The SMILES string of the molecule is Cc1[nH]c2ccc(F)cc2c1C(=O)NCCCc1ncc2ccccn12. The summed E-state index contributed by atoms with van der Waals surface area (Å²) in [5.41, 5.74) is 3.06. The number of benzene rings is 1. The van der Waals surface area contributed by atoms with Gasteiger partial charge in [-0.1, -0.05) is 6.07 Å². The topological polar surface area (TPSA) is 62.2 Å². The van der Waals surface area contributed by atoms with Crippen LogP contribution < -0.4 is 5.32 Å². The molecule has 6 heteroatoms. The zero-order valence-corrected chi connectivity index (χ0v) is 14.4. The number of fused-ring (bicyclic) bond motifs is 2. The molecular weight excluding hydrogens is 331 g/mol. The molecule has 132 valence electrons. The number of nitrogens with one attached hydrogen (secondary N) is 2. The van der Waals surface area contributed by atoms with Gasteiger partial charge in [0, 0.05) is 35.8 Å². The average molecular weight is 350 g/mol. The van der Waals surface area contributed by atoms with Gasteiger partial charge in [0.05, 0.1) is 17.3 Å². The molecule has 0 aliphatic heterocycles. The van der Waals surface area contributed by atoms with E-state index >= 15 is 0 Å². The van der Waals surface area contributed by atoms with Gasteiger partial charge >= 0.3 is 0 Å². The van der Waals surface area contributed by atoms with Gasteiger partial charge < -0.3 is 14.7 Å². The summed E-state index contributed by atoms with van der Waals surface area (Å²) in [7, 11) is 0. The van der Waals surface area contributed by atoms with Crippen LogP contribution in [0.2, 0.25) is 0 Å². The fourth-order valence-corrected chi connectivity index (χ4v) is 3.31. The third-order valence-electron chi connectivity index (χ3n) is 4.55. The molecule has 0 fully saturated rings. The van der Waals surface area contributed by atoms with Crippen molar-refractivity contribution in [2.75, 3.05) is 6.54 Å². The molecule has 0 aliphatic rings. The Morgan fingerprint density at radius 3 is 3.08 bits per heavy atom. The van der Waals surface area contributed by atoms with Crippen LogP contribution >= 0.6 is 0 Å². The van der Waals surface area contributed by atoms with Crippen LogP contribution in [0.15, 0.2) is 48.8 Å². The Kier molecular flexibility index (Phi) is 4.16. The van der Waals surface area contributed by atoms with Gasteiger partial charge in [0.2, 0.25) is 0 Å². The highest BCUT2D eigenvalue weighted by molar-refractivity contribution is 6.08. The maximum atomic E-state index is 13.5. The maximum Gasteiger partial charge on any atom is 0.253 e. The summed E-state index contributed by atoms with van der Waals surface area (Å²) in [5.74, 6) is 0.434. The lowest BCUT2D eigenvalue weighted by Gasteiger charge is -2.06. The van der Waals surface area contributed by atoms with E-state index in [1.165, 1.54) is 12.1 Å². The molecule has 1 amide bonds. The third kappa shape index (κ3) is 2.94. The molecule has 0 spiro atoms. The van der Waals surface area contributed by atoms with Crippen molar-refractivity contribution in [2.24, 2.45) is 0 Å². The number of hydrogen-bond donors (Lipinski definition) is 2. The molecule has 4 rings (SSSR count). The monoisotopic (exact) mass is 350 g/mol. The number of H-pyrrole nitrogens is 1. The van der Waals surface area contributed by atoms with Crippen LogP contribution in [0.3, 0.4) is 0 Å². The number of nitrogens with zero attached hydrogens (tertiary/aromatic N) is 2. The standard InChI is InChI=1S/C20H19FN4O/c1-13-19(16-11-14(21)7-8-17(16)24-13)20(26)22-9-4-6-18-23-12-15-5-2-3-10-25(15)18/h2-3,5,7-8,10-12,24H,4,6,9H2,1H3,(H,22,26). The molecule has 0 radical (unpaired) electrons. The highest BCUT2D eigenvalue weighted by Crippen LogP contribution is 2.23. The molecule has 0 saturated carbocycles. The molecule has 2 N–H and O–H groups in total. The van der Waals surface area contributed by atoms with Gasteiger partial charge in [-0.2, -0.15) is 0 Å². The number of carbonyl (C=O) groups excluding carboxylic acids is 1. The minimum absolute atomic E-state index is 0.188. The van der Waals surface area contributed by atoms with Crippen molar-refractivity contribution in [1.29, 1.82) is 0 Å². The number of amides is 1. The predicted octanol–water partition coefficient (Wildman–Crippen LogP) is 3.63. The van der Waals surface area contributed by atoms with Crippen molar-refractivity contribution in [3.8, 4) is 0 Å². The molecule has 0 aliphatic carbocycles. The number of imidazole rings is 1. The van der Waals surface area contributed by atoms with Gasteiger partial charge in [0.1, 0.15) is 11.6 Å². The average Bonchev–Trinajstić information content (AvgIpc) is 3.18. The quantitative estimate of drug-likeness (QED) is 0.540. The fourth-order valence-electron chi connectivity index (χ4n) is 3.31. The van der Waals surface area contributed by atoms with Crippen molar-refractivity contribution in [3.05, 3.63) is 71.7 Å². The van der Waals surface area contributed by atoms with Gasteiger partial charge in [-0.25, -0.2) is 9.37 Å². The van der Waals surface area contributed by atoms with Crippen molar-refractivity contribution >= 4 is 22.3 Å². The minimum atomic E-state index is -0.350. The van der Waals surface area contributed by atoms with Gasteiger partial charge in [0.15, 0.2) is 0 Å². The molecular formula is C20H19FN4O. The molecule has 1 aromatic carbocycles. The summed E-state index contributed by atoms with van der Waals surface area (Å²) in [6.45, 7) is 2.35. The zero-order chi connectivity index (χ0) is 18.1. The summed E-state index contributed by atoms with van der Waals surface area (Å²) in [6.07, 6.45) is 5.37. The van der Waals surface area contributed by atoms with E-state index in [1.54, 1.807) is 6.07 Å². The number of halogens is 1. The van der Waals surface area contributed by atoms with Crippen molar-refractivity contribution in [1.82, 2.24) is 19.7 Å². The van der Waals surface area contributed by atoms with E-state index in [2.05, 4.69) is 19.7 Å². The first kappa shape index (κ1) is 16.3. The largest absolute Gasteiger partial charge is 0.358 e. The van der Waals surface area contributed by atoms with Crippen LogP contribution in [0.4, 0.5) is 4.39 Å². The Morgan fingerprint density at radius 2 is 2.19 bits per heavy atom. The Morgan fingerprint density at radius 1 is 1.31 bits per heavy atom. The second kappa shape index (κ2) is 6.63. The van der Waals surface area contributed by atoms with Crippen LogP contribution in [0, 0.1) is 12.7 Å². The number of carbonyl (C=O) groups is 1. The van der Waals surface area contributed by atoms with E-state index in [4.69, 9.17) is 0 Å². The van der Waals surface area contributed by atoms with E-state index in [0.29, 0.717) is 17.5 Å². The lowest BCUT2D eigenvalue weighted by Crippen LogP contribution is -2.25. The first-order chi connectivity index (χ1) is 12.6. The summed E-state index contributed by atoms with van der Waals surface area (Å²) >= 11 is 0. The molecule has 0 bridgehead atoms. The number of aromatic nitrogens is 3. The number of hydrogen-bond acceptors (Lipinski definition) is 2. The lowest BCUT2D eigenvalue weighted by atomic mass is 10.1. The van der Waals surface area contributed by atoms with Crippen molar-refractivity contribution in [2.45, 2.75) is 19.8 Å². The molecule has 0 unspecified atom stereocenters. The molecule has 3 aromatic heterocycles. The lowest BCUT2D eigenvalue weighted by molar-refractivity contribution is 0.0954. The molecule has 5 nitrogen and oxygen atoms in total. The smallest absolute Gasteiger partial charge is 0.253 e. The Bertz CT molecular complexity index is 1100. The summed E-state index contributed by atoms with van der Waals surface area (Å²) in [5, 5.41) is 3.54. The highest BCUT2D eigenvalue weighted by Gasteiger charge is 2.16. The van der Waals surface area contributed by atoms with Gasteiger partial charge in [-0.3, -0.25) is 4.79 Å². The molecule has 4 aromatic rings. The second-order valence-corrected chi connectivity index (χ2v) is 6.34. The van der Waals surface area contributed by atoms with E-state index in [1.807, 2.05) is 37.5 Å². The van der Waals surface area contributed by atoms with Crippen LogP contribution in [0.5, 0.6) is 0 Å². The first-order valence-electron chi connectivity index (χ1n) is 8.60. The van der Waals surface area contributed by atoms with Gasteiger partial charge in [-0.05, 0) is 43.7 Å². The van der Waals surface area contributed by atoms with Gasteiger partial charge in [0.25, 0.3) is 5.91 Å². The fraction of sp³-hybridized carbons (Fsp3) is 0.200. The van der Waals surface area contributed by atoms with E-state index in [9.17, 15) is 9.18 Å². The van der Waals surface area contributed by atoms with Crippen LogP contribution in [-0.4, -0.2) is 26.8 Å². The summed E-state index contributed by atoms with van der Waals surface area (Å²) in [4.78, 5) is 20.1. The number of aromatic amines is 1. The van der Waals surface area contributed by atoms with Crippen molar-refractivity contribution < 1.29 is 9.18 Å². The maximum absolute atomic E-state index is 13.5. The van der Waals surface area contributed by atoms with E-state index < -0.39 is 0 Å². The highest BCUT2D eigenvalue weighted by atomic mass is 19.1. The Labute approximate surface area is 149 Å². The third-order valence-corrected chi connectivity index (χ3v) is 4.55. The molecule has 0 atom stereocenters. The predicted molar refractivity (Wildman–Crippen MR) is 98.8 cm³/mol. The Hall–Kier alpha value is -3.15. The van der Waals surface area contributed by atoms with Gasteiger partial charge in [-0.15, -0.1) is 0 Å². The minimum Gasteiger partial charge on any atom is -0.358 e. The second-order valence-electron chi connectivity index (χ2n) is 6.34. The first-order valence-corrected chi connectivity index (χ1v) is 8.60. The normalized spacial score (nSPS) is 11.3. The summed E-state index contributed by atoms with van der Waals surface area (Å²) < 4.78 is 15.6. The molecule has 26 heavy (non-hydrogen) atoms. The van der Waals surface area contributed by atoms with Crippen LogP contribution in [0.25, 0.3) is 16.4 Å². The van der Waals surface area contributed by atoms with Crippen LogP contribution in [0.1, 0.15) is 28.3 Å². The number of aryl methyl sites for hydroxylation is 2. The molecule has 0 saturated heterocycles. The van der Waals surface area contributed by atoms with E-state index in [0.717, 1.165) is 35.4 Å². The van der Waals surface area contributed by atoms with E-state index in [-0.39, 0.29) is 11.7 Å². The number of rotatable bonds is 5. The van der Waals surface area contributed by atoms with Crippen molar-refractivity contribution in [3.63, 3.8) is 0 Å². The number of pyridine rings is 1. The molecule has 3 heterocycles. The Balaban J connectivity index is 1.42. The van der Waals surface area contributed by atoms with Crippen LogP contribution in [-0.2, 0) is 6.42 Å². The summed E-state index contributed by atoms with van der Waals surface area (Å²) in [6, 6.07) is 10.4. The zero-order valence-electron chi connectivity index (χ0n) is 14.4.